The van der Waals surface area contributed by atoms with E-state index in [1.54, 1.807) is 0 Å². The van der Waals surface area contributed by atoms with Gasteiger partial charge in [-0.3, -0.25) is 9.36 Å². The Balaban J connectivity index is 1.54. The monoisotopic (exact) mass is 463 g/mol. The number of aromatic nitrogens is 2. The van der Waals surface area contributed by atoms with Crippen molar-refractivity contribution >= 4 is 33.2 Å². The molecule has 0 atom stereocenters. The molecule has 164 valence electrons. The summed E-state index contributed by atoms with van der Waals surface area (Å²) >= 11 is 7.92. The molecule has 4 nitrogen and oxygen atoms in total. The van der Waals surface area contributed by atoms with Crippen LogP contribution in [0.3, 0.4) is 0 Å². The minimum atomic E-state index is 0.0651. The molecule has 5 rings (SSSR count). The molecule has 0 amide bonds. The van der Waals surface area contributed by atoms with Crippen LogP contribution in [0.15, 0.2) is 59.4 Å². The van der Waals surface area contributed by atoms with Gasteiger partial charge in [0.1, 0.15) is 10.5 Å². The Morgan fingerprint density at radius 2 is 1.69 bits per heavy atom. The van der Waals surface area contributed by atoms with E-state index < -0.39 is 0 Å². The molecule has 32 heavy (non-hydrogen) atoms. The van der Waals surface area contributed by atoms with Crippen LogP contribution in [0.2, 0.25) is 5.02 Å². The highest BCUT2D eigenvalue weighted by molar-refractivity contribution is 7.18. The van der Waals surface area contributed by atoms with E-state index in [0.29, 0.717) is 6.54 Å². The maximum absolute atomic E-state index is 13.4. The molecule has 4 aromatic rings. The molecule has 2 aromatic carbocycles. The molecule has 0 bridgehead atoms. The summed E-state index contributed by atoms with van der Waals surface area (Å²) in [6.07, 6.45) is 3.79. The first-order valence-electron chi connectivity index (χ1n) is 11.2. The van der Waals surface area contributed by atoms with Gasteiger partial charge in [-0.2, -0.15) is 0 Å². The molecule has 2 aromatic heterocycles. The maximum Gasteiger partial charge on any atom is 0.271 e. The molecule has 3 heterocycles. The van der Waals surface area contributed by atoms with Gasteiger partial charge in [-0.1, -0.05) is 60.5 Å². The fourth-order valence-electron chi connectivity index (χ4n) is 4.48. The minimum Gasteiger partial charge on any atom is -0.302 e. The van der Waals surface area contributed by atoms with Crippen LogP contribution in [0, 0.1) is 6.92 Å². The van der Waals surface area contributed by atoms with Gasteiger partial charge in [0.25, 0.3) is 5.56 Å². The molecule has 1 aliphatic heterocycles. The zero-order chi connectivity index (χ0) is 22.1. The number of piperidine rings is 1. The van der Waals surface area contributed by atoms with E-state index in [0.717, 1.165) is 62.3 Å². The van der Waals surface area contributed by atoms with Crippen molar-refractivity contribution in [3.63, 3.8) is 0 Å². The van der Waals surface area contributed by atoms with Gasteiger partial charge in [0.2, 0.25) is 0 Å². The van der Waals surface area contributed by atoms with Crippen molar-refractivity contribution in [1.29, 1.82) is 0 Å². The highest BCUT2D eigenvalue weighted by Gasteiger charge is 2.17. The number of rotatable bonds is 5. The number of hydrogen-bond donors (Lipinski definition) is 0. The first kappa shape index (κ1) is 21.4. The molecule has 1 aliphatic rings. The summed E-state index contributed by atoms with van der Waals surface area (Å²) in [4.78, 5) is 22.0. The van der Waals surface area contributed by atoms with E-state index in [1.165, 1.54) is 30.6 Å². The van der Waals surface area contributed by atoms with Crippen molar-refractivity contribution in [2.45, 2.75) is 32.7 Å². The number of hydrogen-bond acceptors (Lipinski definition) is 4. The lowest BCUT2D eigenvalue weighted by Gasteiger charge is -2.27. The number of thiophene rings is 1. The van der Waals surface area contributed by atoms with Crippen LogP contribution < -0.4 is 5.56 Å². The second-order valence-corrected chi connectivity index (χ2v) is 10.1. The third kappa shape index (κ3) is 4.25. The number of benzene rings is 2. The Labute approximate surface area is 197 Å². The molecule has 6 heteroatoms. The molecule has 0 unspecified atom stereocenters. The number of aryl methyl sites for hydroxylation is 1. The van der Waals surface area contributed by atoms with Crippen molar-refractivity contribution in [2.75, 3.05) is 19.6 Å². The van der Waals surface area contributed by atoms with Gasteiger partial charge in [0, 0.05) is 34.1 Å². The lowest BCUT2D eigenvalue weighted by atomic mass is 10.0. The van der Waals surface area contributed by atoms with Crippen molar-refractivity contribution in [1.82, 2.24) is 14.5 Å². The zero-order valence-electron chi connectivity index (χ0n) is 18.2. The lowest BCUT2D eigenvalue weighted by Crippen LogP contribution is -2.35. The predicted octanol–water partition coefficient (Wildman–Crippen LogP) is 6.24. The van der Waals surface area contributed by atoms with Crippen LogP contribution in [0.25, 0.3) is 32.7 Å². The van der Waals surface area contributed by atoms with Gasteiger partial charge in [-0.25, -0.2) is 4.98 Å². The Bertz CT molecular complexity index is 1300. The summed E-state index contributed by atoms with van der Waals surface area (Å²) in [5.41, 5.74) is 3.85. The lowest BCUT2D eigenvalue weighted by molar-refractivity contribution is 0.220. The van der Waals surface area contributed by atoms with Crippen molar-refractivity contribution in [2.24, 2.45) is 0 Å². The number of halogens is 1. The van der Waals surface area contributed by atoms with Gasteiger partial charge in [0.15, 0.2) is 0 Å². The van der Waals surface area contributed by atoms with E-state index in [9.17, 15) is 4.79 Å². The van der Waals surface area contributed by atoms with Crippen LogP contribution in [-0.2, 0) is 6.54 Å². The Morgan fingerprint density at radius 1 is 0.969 bits per heavy atom. The normalized spacial score (nSPS) is 14.8. The summed E-state index contributed by atoms with van der Waals surface area (Å²) in [5.74, 6) is 0.739. The van der Waals surface area contributed by atoms with Crippen molar-refractivity contribution < 1.29 is 0 Å². The predicted molar refractivity (Wildman–Crippen MR) is 135 cm³/mol. The fourth-order valence-corrected chi connectivity index (χ4v) is 5.62. The third-order valence-electron chi connectivity index (χ3n) is 6.17. The van der Waals surface area contributed by atoms with Crippen LogP contribution in [0.1, 0.15) is 24.1 Å². The van der Waals surface area contributed by atoms with E-state index in [4.69, 9.17) is 16.6 Å². The second-order valence-electron chi connectivity index (χ2n) is 8.42. The maximum atomic E-state index is 13.4. The van der Waals surface area contributed by atoms with Gasteiger partial charge < -0.3 is 4.90 Å². The summed E-state index contributed by atoms with van der Waals surface area (Å²) < 4.78 is 2.62. The number of likely N-dealkylation sites (tertiary alicyclic amines) is 1. The van der Waals surface area contributed by atoms with Crippen LogP contribution >= 0.6 is 22.9 Å². The first-order chi connectivity index (χ1) is 15.6. The summed E-state index contributed by atoms with van der Waals surface area (Å²) in [6.45, 7) is 5.79. The van der Waals surface area contributed by atoms with Crippen LogP contribution in [0.4, 0.5) is 0 Å². The third-order valence-corrected chi connectivity index (χ3v) is 7.53. The number of nitrogens with zero attached hydrogens (tertiary/aromatic N) is 3. The Morgan fingerprint density at radius 3 is 2.44 bits per heavy atom. The molecule has 0 spiro atoms. The Hall–Kier alpha value is -2.47. The van der Waals surface area contributed by atoms with E-state index in [-0.39, 0.29) is 5.56 Å². The SMILES string of the molecule is Cc1cc2nc(-c3ccc(-c4ccccc4Cl)cc3)n(CCN3CCCCC3)c(=O)c2s1. The smallest absolute Gasteiger partial charge is 0.271 e. The molecule has 0 radical (unpaired) electrons. The zero-order valence-corrected chi connectivity index (χ0v) is 19.8. The van der Waals surface area contributed by atoms with Gasteiger partial charge in [0.05, 0.1) is 5.52 Å². The summed E-state index contributed by atoms with van der Waals surface area (Å²) in [7, 11) is 0. The largest absolute Gasteiger partial charge is 0.302 e. The van der Waals surface area contributed by atoms with E-state index >= 15 is 0 Å². The highest BCUT2D eigenvalue weighted by Crippen LogP contribution is 2.30. The summed E-state index contributed by atoms with van der Waals surface area (Å²) in [6, 6.07) is 18.1. The van der Waals surface area contributed by atoms with Gasteiger partial charge >= 0.3 is 0 Å². The highest BCUT2D eigenvalue weighted by atomic mass is 35.5. The molecule has 1 fully saturated rings. The van der Waals surface area contributed by atoms with Gasteiger partial charge in [-0.05, 0) is 50.6 Å². The fraction of sp³-hybridized carbons (Fsp3) is 0.308. The standard InChI is InChI=1S/C26H26ClN3OS/c1-18-17-23-24(32-18)26(31)30(16-15-29-13-5-2-6-14-29)25(28-23)20-11-9-19(10-12-20)21-7-3-4-8-22(21)27/h3-4,7-12,17H,2,5-6,13-16H2,1H3. The molecule has 0 saturated carbocycles. The van der Waals surface area contributed by atoms with E-state index in [1.807, 2.05) is 54.0 Å². The van der Waals surface area contributed by atoms with Crippen LogP contribution in [0.5, 0.6) is 0 Å². The molecule has 1 saturated heterocycles. The topological polar surface area (TPSA) is 38.1 Å². The van der Waals surface area contributed by atoms with Crippen molar-refractivity contribution in [3.8, 4) is 22.5 Å². The summed E-state index contributed by atoms with van der Waals surface area (Å²) in [5, 5.41) is 0.729. The quantitative estimate of drug-likeness (QED) is 0.351. The molecular weight excluding hydrogens is 438 g/mol. The molecule has 0 aliphatic carbocycles. The molecule has 0 N–H and O–H groups in total. The van der Waals surface area contributed by atoms with Crippen LogP contribution in [-0.4, -0.2) is 34.1 Å². The minimum absolute atomic E-state index is 0.0651. The molecular formula is C26H26ClN3OS. The van der Waals surface area contributed by atoms with Gasteiger partial charge in [-0.15, -0.1) is 11.3 Å². The Kier molecular flexibility index (Phi) is 6.13. The first-order valence-corrected chi connectivity index (χ1v) is 12.4. The average molecular weight is 464 g/mol. The second kappa shape index (κ2) is 9.18. The average Bonchev–Trinajstić information content (AvgIpc) is 3.20. The number of fused-ring (bicyclic) bond motifs is 1. The van der Waals surface area contributed by atoms with E-state index in [2.05, 4.69) is 17.0 Å². The van der Waals surface area contributed by atoms with Crippen molar-refractivity contribution in [3.05, 3.63) is 74.9 Å².